The van der Waals surface area contributed by atoms with Gasteiger partial charge in [-0.2, -0.15) is 0 Å². The monoisotopic (exact) mass is 225 g/mol. The van der Waals surface area contributed by atoms with Crippen molar-refractivity contribution in [3.05, 3.63) is 12.7 Å². The summed E-state index contributed by atoms with van der Waals surface area (Å²) in [6.45, 7) is 6.66. The van der Waals surface area contributed by atoms with Crippen LogP contribution >= 0.6 is 0 Å². The van der Waals surface area contributed by atoms with Crippen LogP contribution in [-0.4, -0.2) is 50.1 Å². The Balaban J connectivity index is 2.36. The lowest BCUT2D eigenvalue weighted by Crippen LogP contribution is -2.49. The average Bonchev–Trinajstić information content (AvgIpc) is 2.29. The largest absolute Gasteiger partial charge is 0.352 e. The van der Waals surface area contributed by atoms with Gasteiger partial charge in [-0.15, -0.1) is 6.58 Å². The van der Waals surface area contributed by atoms with E-state index in [9.17, 15) is 4.79 Å². The van der Waals surface area contributed by atoms with Crippen LogP contribution < -0.4 is 10.6 Å². The number of carbonyl (C=O) groups excluding carboxylic acids is 1. The zero-order chi connectivity index (χ0) is 11.8. The molecular weight excluding hydrogens is 202 g/mol. The van der Waals surface area contributed by atoms with Gasteiger partial charge in [-0.25, -0.2) is 0 Å². The van der Waals surface area contributed by atoms with E-state index < -0.39 is 0 Å². The Morgan fingerprint density at radius 2 is 2.38 bits per heavy atom. The van der Waals surface area contributed by atoms with Crippen molar-refractivity contribution >= 4 is 5.91 Å². The van der Waals surface area contributed by atoms with E-state index in [1.165, 1.54) is 19.3 Å². The van der Waals surface area contributed by atoms with E-state index in [0.29, 0.717) is 19.1 Å². The highest BCUT2D eigenvalue weighted by Crippen LogP contribution is 2.15. The summed E-state index contributed by atoms with van der Waals surface area (Å²) in [7, 11) is 1.96. The molecule has 0 aromatic carbocycles. The van der Waals surface area contributed by atoms with E-state index in [1.807, 2.05) is 7.05 Å². The van der Waals surface area contributed by atoms with Gasteiger partial charge < -0.3 is 10.6 Å². The van der Waals surface area contributed by atoms with Crippen LogP contribution in [0.25, 0.3) is 0 Å². The molecule has 0 aromatic rings. The summed E-state index contributed by atoms with van der Waals surface area (Å²) >= 11 is 0. The fourth-order valence-electron chi connectivity index (χ4n) is 2.16. The van der Waals surface area contributed by atoms with E-state index in [2.05, 4.69) is 22.1 Å². The van der Waals surface area contributed by atoms with Gasteiger partial charge in [0.15, 0.2) is 0 Å². The fraction of sp³-hybridized carbons (Fsp3) is 0.750. The molecule has 1 rings (SSSR count). The van der Waals surface area contributed by atoms with Crippen molar-refractivity contribution < 1.29 is 4.79 Å². The SMILES string of the molecule is C=CCNC(=O)CN1CCCCC1CNC. The lowest BCUT2D eigenvalue weighted by atomic mass is 10.0. The molecule has 0 spiro atoms. The van der Waals surface area contributed by atoms with Crippen LogP contribution in [0, 0.1) is 0 Å². The van der Waals surface area contributed by atoms with Gasteiger partial charge in [0.25, 0.3) is 0 Å². The molecule has 4 nitrogen and oxygen atoms in total. The summed E-state index contributed by atoms with van der Waals surface area (Å²) < 4.78 is 0. The zero-order valence-electron chi connectivity index (χ0n) is 10.2. The number of likely N-dealkylation sites (N-methyl/N-ethyl adjacent to an activating group) is 1. The molecule has 0 aromatic heterocycles. The summed E-state index contributed by atoms with van der Waals surface area (Å²) in [6.07, 6.45) is 5.38. The number of hydrogen-bond acceptors (Lipinski definition) is 3. The number of rotatable bonds is 6. The lowest BCUT2D eigenvalue weighted by molar-refractivity contribution is -0.122. The van der Waals surface area contributed by atoms with Crippen LogP contribution in [0.15, 0.2) is 12.7 Å². The van der Waals surface area contributed by atoms with Crippen LogP contribution in [0.4, 0.5) is 0 Å². The third-order valence-electron chi connectivity index (χ3n) is 2.98. The quantitative estimate of drug-likeness (QED) is 0.642. The molecule has 2 N–H and O–H groups in total. The maximum absolute atomic E-state index is 11.6. The van der Waals surface area contributed by atoms with Gasteiger partial charge in [0.1, 0.15) is 0 Å². The van der Waals surface area contributed by atoms with E-state index in [1.54, 1.807) is 6.08 Å². The first-order valence-corrected chi connectivity index (χ1v) is 6.04. The van der Waals surface area contributed by atoms with Crippen LogP contribution in [0.3, 0.4) is 0 Å². The molecule has 16 heavy (non-hydrogen) atoms. The first kappa shape index (κ1) is 13.2. The average molecular weight is 225 g/mol. The zero-order valence-corrected chi connectivity index (χ0v) is 10.2. The third-order valence-corrected chi connectivity index (χ3v) is 2.98. The van der Waals surface area contributed by atoms with E-state index in [-0.39, 0.29) is 5.91 Å². The second-order valence-corrected chi connectivity index (χ2v) is 4.27. The maximum Gasteiger partial charge on any atom is 0.234 e. The maximum atomic E-state index is 11.6. The lowest BCUT2D eigenvalue weighted by Gasteiger charge is -2.35. The number of hydrogen-bond donors (Lipinski definition) is 2. The smallest absolute Gasteiger partial charge is 0.234 e. The standard InChI is InChI=1S/C12H23N3O/c1-3-7-14-12(16)10-15-8-5-4-6-11(15)9-13-2/h3,11,13H,1,4-10H2,2H3,(H,14,16). The Kier molecular flexibility index (Phi) is 6.11. The number of nitrogens with zero attached hydrogens (tertiary/aromatic N) is 1. The highest BCUT2D eigenvalue weighted by Gasteiger charge is 2.23. The molecule has 0 aliphatic carbocycles. The Morgan fingerprint density at radius 3 is 3.06 bits per heavy atom. The van der Waals surface area contributed by atoms with E-state index in [4.69, 9.17) is 0 Å². The predicted octanol–water partition coefficient (Wildman–Crippen LogP) is 0.363. The second-order valence-electron chi connectivity index (χ2n) is 4.27. The van der Waals surface area contributed by atoms with Gasteiger partial charge in [0, 0.05) is 19.1 Å². The van der Waals surface area contributed by atoms with Gasteiger partial charge in [-0.05, 0) is 26.4 Å². The number of carbonyl (C=O) groups is 1. The Bertz CT molecular complexity index is 228. The Morgan fingerprint density at radius 1 is 1.56 bits per heavy atom. The molecule has 0 bridgehead atoms. The van der Waals surface area contributed by atoms with Crippen LogP contribution in [0.5, 0.6) is 0 Å². The molecule has 1 aliphatic heterocycles. The normalized spacial score (nSPS) is 21.7. The minimum atomic E-state index is 0.0999. The van der Waals surface area contributed by atoms with Crippen molar-refractivity contribution in [2.24, 2.45) is 0 Å². The van der Waals surface area contributed by atoms with Gasteiger partial charge in [0.05, 0.1) is 6.54 Å². The number of nitrogens with one attached hydrogen (secondary N) is 2. The third kappa shape index (κ3) is 4.33. The number of amides is 1. The molecule has 1 heterocycles. The molecule has 0 saturated carbocycles. The Hall–Kier alpha value is -0.870. The van der Waals surface area contributed by atoms with Crippen LogP contribution in [0.2, 0.25) is 0 Å². The van der Waals surface area contributed by atoms with Crippen molar-refractivity contribution in [2.45, 2.75) is 25.3 Å². The summed E-state index contributed by atoms with van der Waals surface area (Å²) in [5.41, 5.74) is 0. The molecule has 1 atom stereocenters. The molecule has 1 aliphatic rings. The molecule has 1 fully saturated rings. The van der Waals surface area contributed by atoms with Gasteiger partial charge >= 0.3 is 0 Å². The summed E-state index contributed by atoms with van der Waals surface area (Å²) in [4.78, 5) is 13.9. The van der Waals surface area contributed by atoms with Gasteiger partial charge in [-0.1, -0.05) is 12.5 Å². The fourth-order valence-corrected chi connectivity index (χ4v) is 2.16. The summed E-state index contributed by atoms with van der Waals surface area (Å²) in [5.74, 6) is 0.0999. The molecule has 92 valence electrons. The van der Waals surface area contributed by atoms with Crippen LogP contribution in [0.1, 0.15) is 19.3 Å². The van der Waals surface area contributed by atoms with Crippen molar-refractivity contribution in [1.82, 2.24) is 15.5 Å². The van der Waals surface area contributed by atoms with Crippen molar-refractivity contribution in [3.8, 4) is 0 Å². The summed E-state index contributed by atoms with van der Waals surface area (Å²) in [6, 6.07) is 0.508. The number of likely N-dealkylation sites (tertiary alicyclic amines) is 1. The van der Waals surface area contributed by atoms with E-state index >= 15 is 0 Å². The van der Waals surface area contributed by atoms with Crippen molar-refractivity contribution in [1.29, 1.82) is 0 Å². The molecule has 1 amide bonds. The highest BCUT2D eigenvalue weighted by molar-refractivity contribution is 5.78. The summed E-state index contributed by atoms with van der Waals surface area (Å²) in [5, 5.41) is 6.02. The second kappa shape index (κ2) is 7.41. The molecule has 0 radical (unpaired) electrons. The molecule has 1 unspecified atom stereocenters. The molecule has 4 heteroatoms. The van der Waals surface area contributed by atoms with Crippen molar-refractivity contribution in [2.75, 3.05) is 33.2 Å². The minimum Gasteiger partial charge on any atom is -0.352 e. The minimum absolute atomic E-state index is 0.0999. The van der Waals surface area contributed by atoms with Crippen molar-refractivity contribution in [3.63, 3.8) is 0 Å². The predicted molar refractivity (Wildman–Crippen MR) is 66.3 cm³/mol. The highest BCUT2D eigenvalue weighted by atomic mass is 16.2. The van der Waals surface area contributed by atoms with E-state index in [0.717, 1.165) is 13.1 Å². The van der Waals surface area contributed by atoms with Gasteiger partial charge in [0.2, 0.25) is 5.91 Å². The number of piperidine rings is 1. The van der Waals surface area contributed by atoms with Gasteiger partial charge in [-0.3, -0.25) is 9.69 Å². The Labute approximate surface area is 98.1 Å². The molecule has 1 saturated heterocycles. The van der Waals surface area contributed by atoms with Crippen LogP contribution in [-0.2, 0) is 4.79 Å². The first-order valence-electron chi connectivity index (χ1n) is 6.04. The first-order chi connectivity index (χ1) is 7.77. The molecular formula is C12H23N3O. The topological polar surface area (TPSA) is 44.4 Å².